The molecule has 0 fully saturated rings. The predicted octanol–water partition coefficient (Wildman–Crippen LogP) is 0.253. The molecule has 100 valence electrons. The molecule has 0 saturated carbocycles. The van der Waals surface area contributed by atoms with Gasteiger partial charge in [0, 0.05) is 0 Å². The van der Waals surface area contributed by atoms with Gasteiger partial charge in [0.25, 0.3) is 0 Å². The molecule has 0 aromatic rings. The zero-order chi connectivity index (χ0) is 14.1. The van der Waals surface area contributed by atoms with Crippen LogP contribution in [0.5, 0.6) is 0 Å². The molecular formula is C2F6O6S2Sn+2. The van der Waals surface area contributed by atoms with E-state index in [9.17, 15) is 43.2 Å². The Morgan fingerprint density at radius 2 is 0.941 bits per heavy atom. The van der Waals surface area contributed by atoms with Crippen LogP contribution < -0.4 is 0 Å². The van der Waals surface area contributed by atoms with Gasteiger partial charge in [0.2, 0.25) is 0 Å². The Bertz CT molecular complexity index is 414. The molecule has 6 nitrogen and oxygen atoms in total. The van der Waals surface area contributed by atoms with Gasteiger partial charge in [-0.2, -0.15) is 0 Å². The van der Waals surface area contributed by atoms with Gasteiger partial charge in [-0.05, 0) is 0 Å². The SMILES string of the molecule is O=S(=O)([O][Sn+2][O]S(=O)(=O)C(F)(F)F)C(F)(F)F. The van der Waals surface area contributed by atoms with Gasteiger partial charge in [0.1, 0.15) is 0 Å². The Balaban J connectivity index is 4.58. The fourth-order valence-electron chi connectivity index (χ4n) is 0.198. The molecule has 0 amide bonds. The first kappa shape index (κ1) is 17.2. The van der Waals surface area contributed by atoms with Crippen molar-refractivity contribution in [3.63, 3.8) is 0 Å². The van der Waals surface area contributed by atoms with Crippen LogP contribution in [0.1, 0.15) is 0 Å². The van der Waals surface area contributed by atoms with E-state index in [1.165, 1.54) is 0 Å². The maximum absolute atomic E-state index is 11.6. The molecule has 0 aliphatic carbocycles. The number of hydrogen-bond donors (Lipinski definition) is 0. The summed E-state index contributed by atoms with van der Waals surface area (Å²) in [6, 6.07) is 0. The van der Waals surface area contributed by atoms with E-state index in [2.05, 4.69) is 5.04 Å². The normalized spacial score (nSPS) is 14.5. The van der Waals surface area contributed by atoms with Gasteiger partial charge in [0.05, 0.1) is 0 Å². The molecule has 0 atom stereocenters. The zero-order valence-corrected chi connectivity index (χ0v) is 11.5. The maximum atomic E-state index is 11.6. The Morgan fingerprint density at radius 3 is 1.12 bits per heavy atom. The Morgan fingerprint density at radius 1 is 0.706 bits per heavy atom. The zero-order valence-electron chi connectivity index (χ0n) is 7.03. The average Bonchev–Trinajstić information content (AvgIpc) is 1.98. The molecule has 0 bridgehead atoms. The molecule has 0 radical (unpaired) electrons. The summed E-state index contributed by atoms with van der Waals surface area (Å²) in [4.78, 5) is 0. The van der Waals surface area contributed by atoms with Crippen LogP contribution >= 0.6 is 0 Å². The summed E-state index contributed by atoms with van der Waals surface area (Å²) >= 11 is -3.86. The molecule has 0 aliphatic heterocycles. The second-order valence-corrected chi connectivity index (χ2v) is 8.46. The van der Waals surface area contributed by atoms with Crippen LogP contribution in [0.25, 0.3) is 0 Å². The van der Waals surface area contributed by atoms with Crippen molar-refractivity contribution < 1.29 is 48.2 Å². The third-order valence-electron chi connectivity index (χ3n) is 0.854. The summed E-state index contributed by atoms with van der Waals surface area (Å²) in [5.41, 5.74) is -11.7. The van der Waals surface area contributed by atoms with E-state index < -0.39 is 53.2 Å². The summed E-state index contributed by atoms with van der Waals surface area (Å²) in [6.07, 6.45) is 0. The molecular weight excluding hydrogens is 417 g/mol. The Hall–Kier alpha value is 0.199. The van der Waals surface area contributed by atoms with Crippen molar-refractivity contribution in [1.29, 1.82) is 0 Å². The molecule has 0 aromatic heterocycles. The first-order valence-corrected chi connectivity index (χ1v) is 8.10. The number of hydrogen-bond acceptors (Lipinski definition) is 6. The molecule has 15 heteroatoms. The van der Waals surface area contributed by atoms with E-state index in [0.717, 1.165) is 0 Å². The van der Waals surface area contributed by atoms with Gasteiger partial charge < -0.3 is 0 Å². The van der Waals surface area contributed by atoms with Crippen molar-refractivity contribution in [2.75, 3.05) is 0 Å². The monoisotopic (exact) mass is 418 g/mol. The molecule has 0 saturated heterocycles. The Labute approximate surface area is 101 Å². The third kappa shape index (κ3) is 4.76. The second kappa shape index (κ2) is 5.06. The van der Waals surface area contributed by atoms with Crippen LogP contribution in [0.2, 0.25) is 0 Å². The quantitative estimate of drug-likeness (QED) is 0.371. The van der Waals surface area contributed by atoms with Gasteiger partial charge in [-0.1, -0.05) is 0 Å². The van der Waals surface area contributed by atoms with E-state index in [4.69, 9.17) is 0 Å². The van der Waals surface area contributed by atoms with Crippen LogP contribution in [-0.4, -0.2) is 49.8 Å². The van der Waals surface area contributed by atoms with Gasteiger partial charge >= 0.3 is 101 Å². The molecule has 0 unspecified atom stereocenters. The standard InChI is InChI=1S/2CHF3O3S.Sn/c2*2-1(3,4)8(5,6)7;/h2*(H,5,6,7);/q;;+4/p-2. The minimum atomic E-state index is -6.15. The van der Waals surface area contributed by atoms with E-state index in [1.54, 1.807) is 0 Å². The fourth-order valence-corrected chi connectivity index (χ4v) is 4.54. The minimum absolute atomic E-state index is 3.04. The molecule has 0 aliphatic rings. The third-order valence-corrected chi connectivity index (χ3v) is 7.49. The van der Waals surface area contributed by atoms with E-state index in [1.807, 2.05) is 0 Å². The first-order valence-electron chi connectivity index (χ1n) is 2.95. The van der Waals surface area contributed by atoms with Crippen LogP contribution in [0.4, 0.5) is 26.3 Å². The second-order valence-electron chi connectivity index (χ2n) is 2.05. The van der Waals surface area contributed by atoms with Crippen LogP contribution in [0.3, 0.4) is 0 Å². The van der Waals surface area contributed by atoms with Crippen LogP contribution in [0.15, 0.2) is 0 Å². The van der Waals surface area contributed by atoms with Crippen molar-refractivity contribution in [2.24, 2.45) is 0 Å². The molecule has 0 aromatic carbocycles. The van der Waals surface area contributed by atoms with Crippen molar-refractivity contribution in [3.05, 3.63) is 0 Å². The number of alkyl halides is 6. The molecule has 0 heterocycles. The average molecular weight is 417 g/mol. The van der Waals surface area contributed by atoms with E-state index >= 15 is 0 Å². The van der Waals surface area contributed by atoms with Gasteiger partial charge in [-0.25, -0.2) is 0 Å². The molecule has 0 N–H and O–H groups in total. The van der Waals surface area contributed by atoms with Gasteiger partial charge in [-0.3, -0.25) is 0 Å². The van der Waals surface area contributed by atoms with Crippen molar-refractivity contribution >= 4 is 42.2 Å². The van der Waals surface area contributed by atoms with Crippen molar-refractivity contribution in [3.8, 4) is 0 Å². The summed E-state index contributed by atoms with van der Waals surface area (Å²) in [6.45, 7) is 0. The predicted molar refractivity (Wildman–Crippen MR) is 37.9 cm³/mol. The number of halogens is 6. The molecule has 17 heavy (non-hydrogen) atoms. The van der Waals surface area contributed by atoms with Crippen molar-refractivity contribution in [1.82, 2.24) is 0 Å². The molecule has 0 rings (SSSR count). The van der Waals surface area contributed by atoms with Crippen molar-refractivity contribution in [2.45, 2.75) is 11.0 Å². The fraction of sp³-hybridized carbons (Fsp3) is 1.00. The topological polar surface area (TPSA) is 86.7 Å². The van der Waals surface area contributed by atoms with Crippen LogP contribution in [0, 0.1) is 0 Å². The van der Waals surface area contributed by atoms with Gasteiger partial charge in [-0.15, -0.1) is 0 Å². The Kier molecular flexibility index (Phi) is 5.12. The first-order chi connectivity index (χ1) is 7.21. The van der Waals surface area contributed by atoms with E-state index in [-0.39, 0.29) is 0 Å². The summed E-state index contributed by atoms with van der Waals surface area (Å²) in [7, 11) is -12.3. The summed E-state index contributed by atoms with van der Waals surface area (Å²) < 4.78 is 116. The number of rotatable bonds is 4. The van der Waals surface area contributed by atoms with Crippen LogP contribution in [-0.2, 0) is 25.3 Å². The molecule has 0 spiro atoms. The van der Waals surface area contributed by atoms with E-state index in [0.29, 0.717) is 0 Å². The van der Waals surface area contributed by atoms with Gasteiger partial charge in [0.15, 0.2) is 0 Å². The summed E-state index contributed by atoms with van der Waals surface area (Å²) in [5.74, 6) is 0. The summed E-state index contributed by atoms with van der Waals surface area (Å²) in [5, 5.41) is 0.